The highest BCUT2D eigenvalue weighted by Crippen LogP contribution is 2.34. The second-order valence-corrected chi connectivity index (χ2v) is 6.72. The smallest absolute Gasteiger partial charge is 0.140 e. The minimum Gasteiger partial charge on any atom is -0.407 e. The summed E-state index contributed by atoms with van der Waals surface area (Å²) in [5, 5.41) is 0. The van der Waals surface area contributed by atoms with E-state index in [1.807, 2.05) is 30.5 Å². The molecule has 0 saturated heterocycles. The Morgan fingerprint density at radius 1 is 0.897 bits per heavy atom. The Bertz CT molecular complexity index is 1180. The lowest BCUT2D eigenvalue weighted by molar-refractivity contribution is 0.520. The Balaban J connectivity index is 2.23. The lowest BCUT2D eigenvalue weighted by Gasteiger charge is -2.13. The number of halogens is 2. The predicted molar refractivity (Wildman–Crippen MR) is 123 cm³/mol. The molecule has 0 aliphatic rings. The van der Waals surface area contributed by atoms with Crippen LogP contribution in [-0.2, 0) is 11.8 Å². The molecule has 0 aliphatic carbocycles. The molecular formula is C25H14Cl2OS. The number of rotatable bonds is 5. The van der Waals surface area contributed by atoms with E-state index in [1.54, 1.807) is 11.8 Å². The zero-order valence-corrected chi connectivity index (χ0v) is 17.9. The van der Waals surface area contributed by atoms with Crippen molar-refractivity contribution < 1.29 is 4.74 Å². The average molecular weight is 433 g/mol. The third kappa shape index (κ3) is 6.81. The summed E-state index contributed by atoms with van der Waals surface area (Å²) in [5.41, 5.74) is 4.10. The molecule has 2 rings (SSSR count). The van der Waals surface area contributed by atoms with Gasteiger partial charge < -0.3 is 4.74 Å². The molecule has 2 aromatic carbocycles. The van der Waals surface area contributed by atoms with Crippen LogP contribution in [0.1, 0.15) is 11.1 Å². The molecule has 0 amide bonds. The fourth-order valence-corrected chi connectivity index (χ4v) is 3.54. The highest BCUT2D eigenvalue weighted by atomic mass is 35.5. The van der Waals surface area contributed by atoms with Crippen LogP contribution in [0.2, 0.25) is 0 Å². The zero-order valence-electron chi connectivity index (χ0n) is 15.5. The third-order valence-electron chi connectivity index (χ3n) is 3.61. The van der Waals surface area contributed by atoms with Gasteiger partial charge in [0.2, 0.25) is 0 Å². The first-order chi connectivity index (χ1) is 14.2. The van der Waals surface area contributed by atoms with Crippen LogP contribution >= 0.6 is 35.0 Å². The highest BCUT2D eigenvalue weighted by molar-refractivity contribution is 7.98. The Kier molecular flexibility index (Phi) is 9.54. The van der Waals surface area contributed by atoms with Gasteiger partial charge in [0.05, 0.1) is 0 Å². The van der Waals surface area contributed by atoms with Gasteiger partial charge in [-0.1, -0.05) is 12.1 Å². The average Bonchev–Trinajstić information content (AvgIpc) is 2.77. The molecule has 0 unspecified atom stereocenters. The Hall–Kier alpha value is -3.03. The van der Waals surface area contributed by atoms with E-state index in [-0.39, 0.29) is 0 Å². The third-order valence-corrected chi connectivity index (χ3v) is 5.00. The molecule has 0 bridgehead atoms. The van der Waals surface area contributed by atoms with Gasteiger partial charge in [0.1, 0.15) is 11.9 Å². The summed E-state index contributed by atoms with van der Waals surface area (Å²) >= 11 is 13.9. The number of hydrogen-bond donors (Lipinski definition) is 0. The normalized spacial score (nSPS) is 8.48. The van der Waals surface area contributed by atoms with Crippen LogP contribution < -0.4 is 4.74 Å². The summed E-state index contributed by atoms with van der Waals surface area (Å²) in [6, 6.07) is 11.8. The van der Waals surface area contributed by atoms with Gasteiger partial charge in [-0.05, 0) is 76.5 Å². The van der Waals surface area contributed by atoms with Crippen LogP contribution in [0, 0.1) is 59.9 Å². The number of terminal acetylenes is 1. The summed E-state index contributed by atoms with van der Waals surface area (Å²) in [4.78, 5) is 1.13. The number of thioether (sulfide) groups is 1. The molecular weight excluding hydrogens is 419 g/mol. The summed E-state index contributed by atoms with van der Waals surface area (Å²) in [7, 11) is 0. The molecule has 0 atom stereocenters. The fourth-order valence-electron chi connectivity index (χ4n) is 2.37. The van der Waals surface area contributed by atoms with Crippen LogP contribution in [0.15, 0.2) is 41.3 Å². The summed E-state index contributed by atoms with van der Waals surface area (Å²) in [6.07, 6.45) is 9.54. The molecule has 0 aliphatic heterocycles. The second-order valence-electron chi connectivity index (χ2n) is 5.34. The first-order valence-corrected chi connectivity index (χ1v) is 10.6. The predicted octanol–water partition coefficient (Wildman–Crippen LogP) is 5.54. The Morgan fingerprint density at radius 3 is 2.24 bits per heavy atom. The van der Waals surface area contributed by atoms with E-state index in [0.717, 1.165) is 27.1 Å². The van der Waals surface area contributed by atoms with Crippen molar-refractivity contribution in [3.8, 4) is 76.8 Å². The molecule has 0 fully saturated rings. The minimum atomic E-state index is 0.401. The van der Waals surface area contributed by atoms with E-state index < -0.39 is 0 Å². The van der Waals surface area contributed by atoms with E-state index in [2.05, 4.69) is 65.6 Å². The maximum atomic E-state index is 6.18. The molecule has 4 heteroatoms. The SMILES string of the molecule is C#CC#CC#CC#CC#COc1cccc(-c2cc(CCl)c(SC)cc2CCl)c1. The highest BCUT2D eigenvalue weighted by Gasteiger charge is 2.11. The first-order valence-electron chi connectivity index (χ1n) is 8.28. The maximum absolute atomic E-state index is 6.18. The monoisotopic (exact) mass is 432 g/mol. The van der Waals surface area contributed by atoms with Crippen molar-refractivity contribution in [1.82, 2.24) is 0 Å². The fraction of sp³-hybridized carbons (Fsp3) is 0.120. The van der Waals surface area contributed by atoms with Gasteiger partial charge in [-0.25, -0.2) is 0 Å². The van der Waals surface area contributed by atoms with Crippen LogP contribution in [0.5, 0.6) is 5.75 Å². The molecule has 0 N–H and O–H groups in total. The van der Waals surface area contributed by atoms with Crippen molar-refractivity contribution in [2.75, 3.05) is 6.26 Å². The van der Waals surface area contributed by atoms with E-state index in [0.29, 0.717) is 17.5 Å². The number of alkyl halides is 2. The standard InChI is InChI=1S/C25H14Cl2OS/c1-3-4-5-6-7-8-9-10-14-28-23-13-11-12-20(15-23)24-16-22(19-27)25(29-2)17-21(24)18-26/h1,11-13,15-17H,18-19H2,2H3. The lowest BCUT2D eigenvalue weighted by atomic mass is 9.98. The molecule has 0 heterocycles. The number of hydrogen-bond acceptors (Lipinski definition) is 2. The largest absolute Gasteiger partial charge is 0.407 e. The van der Waals surface area contributed by atoms with Crippen molar-refractivity contribution in [3.63, 3.8) is 0 Å². The van der Waals surface area contributed by atoms with Crippen molar-refractivity contribution in [3.05, 3.63) is 47.5 Å². The number of benzene rings is 2. The molecule has 1 nitrogen and oxygen atoms in total. The van der Waals surface area contributed by atoms with Crippen molar-refractivity contribution in [2.45, 2.75) is 16.7 Å². The molecule has 0 spiro atoms. The quantitative estimate of drug-likeness (QED) is 0.348. The summed E-state index contributed by atoms with van der Waals surface area (Å²) < 4.78 is 5.46. The van der Waals surface area contributed by atoms with E-state index in [4.69, 9.17) is 34.4 Å². The van der Waals surface area contributed by atoms with Crippen molar-refractivity contribution in [1.29, 1.82) is 0 Å². The molecule has 29 heavy (non-hydrogen) atoms. The van der Waals surface area contributed by atoms with Gasteiger partial charge >= 0.3 is 0 Å². The Morgan fingerprint density at radius 2 is 1.59 bits per heavy atom. The topological polar surface area (TPSA) is 9.23 Å². The molecule has 0 radical (unpaired) electrons. The molecule has 2 aromatic rings. The van der Waals surface area contributed by atoms with Gasteiger partial charge in [-0.2, -0.15) is 0 Å². The van der Waals surface area contributed by atoms with Gasteiger partial charge in [-0.15, -0.1) is 41.4 Å². The summed E-state index contributed by atoms with van der Waals surface area (Å²) in [6.45, 7) is 0. The van der Waals surface area contributed by atoms with Gasteiger partial charge in [0.25, 0.3) is 0 Å². The van der Waals surface area contributed by atoms with Crippen molar-refractivity contribution >= 4 is 35.0 Å². The van der Waals surface area contributed by atoms with Crippen LogP contribution in [0.25, 0.3) is 11.1 Å². The van der Waals surface area contributed by atoms with Gasteiger partial charge in [0, 0.05) is 40.3 Å². The van der Waals surface area contributed by atoms with Gasteiger partial charge in [-0.3, -0.25) is 0 Å². The van der Waals surface area contributed by atoms with E-state index in [9.17, 15) is 0 Å². The van der Waals surface area contributed by atoms with Crippen molar-refractivity contribution in [2.24, 2.45) is 0 Å². The lowest BCUT2D eigenvalue weighted by Crippen LogP contribution is -1.93. The Labute approximate surface area is 186 Å². The van der Waals surface area contributed by atoms with E-state index >= 15 is 0 Å². The molecule has 0 aromatic heterocycles. The zero-order chi connectivity index (χ0) is 20.9. The van der Waals surface area contributed by atoms with Crippen LogP contribution in [0.3, 0.4) is 0 Å². The van der Waals surface area contributed by atoms with Crippen LogP contribution in [-0.4, -0.2) is 6.26 Å². The summed E-state index contributed by atoms with van der Waals surface area (Å²) in [5.74, 6) is 21.1. The van der Waals surface area contributed by atoms with Crippen LogP contribution in [0.4, 0.5) is 0 Å². The first kappa shape index (κ1) is 22.3. The number of ether oxygens (including phenoxy) is 1. The maximum Gasteiger partial charge on any atom is 0.140 e. The second kappa shape index (κ2) is 12.4. The van der Waals surface area contributed by atoms with E-state index in [1.165, 1.54) is 0 Å². The molecule has 0 saturated carbocycles. The minimum absolute atomic E-state index is 0.401. The molecule has 140 valence electrons. The van der Waals surface area contributed by atoms with Gasteiger partial charge in [0.15, 0.2) is 0 Å².